The molecule has 0 aliphatic carbocycles. The molecule has 0 radical (unpaired) electrons. The third-order valence-corrected chi connectivity index (χ3v) is 3.92. The topological polar surface area (TPSA) is 67.8 Å². The van der Waals surface area contributed by atoms with Gasteiger partial charge in [-0.1, -0.05) is 20.8 Å². The van der Waals surface area contributed by atoms with Crippen LogP contribution in [0.5, 0.6) is 0 Å². The second-order valence-corrected chi connectivity index (χ2v) is 7.71. The predicted molar refractivity (Wildman–Crippen MR) is 94.9 cm³/mol. The summed E-state index contributed by atoms with van der Waals surface area (Å²) < 4.78 is 0. The van der Waals surface area contributed by atoms with Crippen molar-refractivity contribution in [2.45, 2.75) is 33.6 Å². The first-order valence-electron chi connectivity index (χ1n) is 8.95. The van der Waals surface area contributed by atoms with Gasteiger partial charge in [0.25, 0.3) is 0 Å². The van der Waals surface area contributed by atoms with Gasteiger partial charge in [0.05, 0.1) is 6.54 Å². The van der Waals surface area contributed by atoms with Crippen LogP contribution in [0.25, 0.3) is 0 Å². The largest absolute Gasteiger partial charge is 0.480 e. The van der Waals surface area contributed by atoms with Crippen molar-refractivity contribution in [2.75, 3.05) is 65.4 Å². The van der Waals surface area contributed by atoms with E-state index in [4.69, 9.17) is 5.11 Å². The highest BCUT2D eigenvalue weighted by Crippen LogP contribution is 2.15. The van der Waals surface area contributed by atoms with Gasteiger partial charge in [-0.3, -0.25) is 9.69 Å². The van der Waals surface area contributed by atoms with Gasteiger partial charge in [0.1, 0.15) is 0 Å². The Bertz CT molecular complexity index is 315. The normalized spacial score (nSPS) is 21.7. The van der Waals surface area contributed by atoms with E-state index in [9.17, 15) is 4.79 Å². The fourth-order valence-corrected chi connectivity index (χ4v) is 2.98. The Hall–Kier alpha value is -0.690. The van der Waals surface area contributed by atoms with Crippen LogP contribution < -0.4 is 10.6 Å². The zero-order chi connectivity index (χ0) is 17.1. The summed E-state index contributed by atoms with van der Waals surface area (Å²) in [7, 11) is 0. The molecule has 3 N–H and O–H groups in total. The number of hydrogen-bond acceptors (Lipinski definition) is 5. The molecule has 0 aromatic carbocycles. The van der Waals surface area contributed by atoms with Crippen molar-refractivity contribution in [3.8, 4) is 0 Å². The molecule has 0 unspecified atom stereocenters. The summed E-state index contributed by atoms with van der Waals surface area (Å²) in [6.07, 6.45) is 2.13. The molecule has 0 aromatic heterocycles. The highest BCUT2D eigenvalue weighted by molar-refractivity contribution is 5.69. The summed E-state index contributed by atoms with van der Waals surface area (Å²) in [6, 6.07) is 0. The van der Waals surface area contributed by atoms with Gasteiger partial charge in [-0.15, -0.1) is 0 Å². The average Bonchev–Trinajstić information content (AvgIpc) is 2.42. The van der Waals surface area contributed by atoms with Crippen molar-refractivity contribution < 1.29 is 9.90 Å². The van der Waals surface area contributed by atoms with Gasteiger partial charge >= 0.3 is 5.97 Å². The first kappa shape index (κ1) is 20.4. The van der Waals surface area contributed by atoms with Crippen LogP contribution in [-0.2, 0) is 4.79 Å². The molecule has 6 nitrogen and oxygen atoms in total. The molecule has 23 heavy (non-hydrogen) atoms. The molecule has 136 valence electrons. The SMILES string of the molecule is CC(C)(C)CN1CCCNCCN(CC(=O)O)CCCNCC1. The average molecular weight is 329 g/mol. The maximum absolute atomic E-state index is 10.9. The standard InChI is InChI=1S/C17H36N4O2/c1-17(2,3)15-21-11-5-7-18-8-12-20(14-16(22)23)10-4-6-19-9-13-21/h18-19H,4-15H2,1-3H3,(H,22,23). The highest BCUT2D eigenvalue weighted by atomic mass is 16.4. The third-order valence-electron chi connectivity index (χ3n) is 3.92. The predicted octanol–water partition coefficient (Wildman–Crippen LogP) is 0.694. The molecule has 0 spiro atoms. The molecular weight excluding hydrogens is 292 g/mol. The van der Waals surface area contributed by atoms with Gasteiger partial charge in [-0.2, -0.15) is 0 Å². The number of carboxylic acid groups (broad SMARTS) is 1. The van der Waals surface area contributed by atoms with Crippen LogP contribution in [0.1, 0.15) is 33.6 Å². The van der Waals surface area contributed by atoms with E-state index in [2.05, 4.69) is 36.3 Å². The monoisotopic (exact) mass is 328 g/mol. The number of aliphatic carboxylic acids is 1. The summed E-state index contributed by atoms with van der Waals surface area (Å²) in [5.74, 6) is -0.739. The van der Waals surface area contributed by atoms with E-state index in [-0.39, 0.29) is 6.54 Å². The first-order chi connectivity index (χ1) is 10.9. The Morgan fingerprint density at radius 2 is 1.43 bits per heavy atom. The van der Waals surface area contributed by atoms with E-state index in [0.717, 1.165) is 71.7 Å². The fourth-order valence-electron chi connectivity index (χ4n) is 2.98. The van der Waals surface area contributed by atoms with Gasteiger partial charge < -0.3 is 20.6 Å². The number of nitrogens with zero attached hydrogens (tertiary/aromatic N) is 2. The second-order valence-electron chi connectivity index (χ2n) is 7.71. The van der Waals surface area contributed by atoms with E-state index < -0.39 is 5.97 Å². The minimum Gasteiger partial charge on any atom is -0.480 e. The number of carbonyl (C=O) groups is 1. The van der Waals surface area contributed by atoms with Crippen LogP contribution in [-0.4, -0.2) is 86.3 Å². The van der Waals surface area contributed by atoms with Crippen LogP contribution in [0.2, 0.25) is 0 Å². The molecule has 1 aliphatic heterocycles. The molecule has 1 rings (SSSR count). The van der Waals surface area contributed by atoms with Crippen LogP contribution in [0.3, 0.4) is 0 Å². The minimum atomic E-state index is -0.739. The Morgan fingerprint density at radius 1 is 0.913 bits per heavy atom. The van der Waals surface area contributed by atoms with Gasteiger partial charge in [0, 0.05) is 32.7 Å². The van der Waals surface area contributed by atoms with Gasteiger partial charge in [-0.05, 0) is 44.4 Å². The molecule has 1 aliphatic rings. The van der Waals surface area contributed by atoms with E-state index in [1.165, 1.54) is 0 Å². The lowest BCUT2D eigenvalue weighted by molar-refractivity contribution is -0.138. The summed E-state index contributed by atoms with van der Waals surface area (Å²) in [4.78, 5) is 15.5. The molecule has 1 saturated heterocycles. The summed E-state index contributed by atoms with van der Waals surface area (Å²) in [6.45, 7) is 15.8. The lowest BCUT2D eigenvalue weighted by Gasteiger charge is -2.30. The molecule has 1 heterocycles. The van der Waals surface area contributed by atoms with E-state index in [1.54, 1.807) is 0 Å². The molecule has 0 amide bonds. The Balaban J connectivity index is 2.41. The van der Waals surface area contributed by atoms with Crippen molar-refractivity contribution in [2.24, 2.45) is 5.41 Å². The van der Waals surface area contributed by atoms with Crippen molar-refractivity contribution in [1.82, 2.24) is 20.4 Å². The molecule has 0 saturated carbocycles. The van der Waals surface area contributed by atoms with E-state index in [1.807, 2.05) is 4.90 Å². The lowest BCUT2D eigenvalue weighted by Crippen LogP contribution is -2.41. The number of hydrogen-bond donors (Lipinski definition) is 3. The van der Waals surface area contributed by atoms with E-state index >= 15 is 0 Å². The lowest BCUT2D eigenvalue weighted by atomic mass is 9.96. The third kappa shape index (κ3) is 11.5. The van der Waals surface area contributed by atoms with Gasteiger partial charge in [0.2, 0.25) is 0 Å². The van der Waals surface area contributed by atoms with Crippen LogP contribution in [0.15, 0.2) is 0 Å². The molecule has 0 aromatic rings. The molecule has 0 bridgehead atoms. The minimum absolute atomic E-state index is 0.140. The number of rotatable bonds is 3. The summed E-state index contributed by atoms with van der Waals surface area (Å²) in [5.41, 5.74) is 0.330. The van der Waals surface area contributed by atoms with E-state index in [0.29, 0.717) is 5.41 Å². The molecule has 1 fully saturated rings. The van der Waals surface area contributed by atoms with Crippen molar-refractivity contribution in [3.05, 3.63) is 0 Å². The fraction of sp³-hybridized carbons (Fsp3) is 0.941. The van der Waals surface area contributed by atoms with Crippen molar-refractivity contribution in [3.63, 3.8) is 0 Å². The maximum atomic E-state index is 10.9. The van der Waals surface area contributed by atoms with Crippen LogP contribution in [0, 0.1) is 5.41 Å². The second kappa shape index (κ2) is 11.0. The van der Waals surface area contributed by atoms with Gasteiger partial charge in [0.15, 0.2) is 0 Å². The smallest absolute Gasteiger partial charge is 0.317 e. The zero-order valence-corrected chi connectivity index (χ0v) is 15.2. The molecule has 6 heteroatoms. The number of nitrogens with one attached hydrogen (secondary N) is 2. The molecular formula is C17H36N4O2. The van der Waals surface area contributed by atoms with Crippen LogP contribution >= 0.6 is 0 Å². The van der Waals surface area contributed by atoms with Crippen LogP contribution in [0.4, 0.5) is 0 Å². The Morgan fingerprint density at radius 3 is 1.96 bits per heavy atom. The number of carboxylic acids is 1. The van der Waals surface area contributed by atoms with Crippen molar-refractivity contribution >= 4 is 5.97 Å². The van der Waals surface area contributed by atoms with Crippen molar-refractivity contribution in [1.29, 1.82) is 0 Å². The quantitative estimate of drug-likeness (QED) is 0.708. The van der Waals surface area contributed by atoms with Gasteiger partial charge in [-0.25, -0.2) is 0 Å². The first-order valence-corrected chi connectivity index (χ1v) is 8.95. The Labute approximate surface area is 141 Å². The summed E-state index contributed by atoms with van der Waals surface area (Å²) in [5, 5.41) is 15.9. The highest BCUT2D eigenvalue weighted by Gasteiger charge is 2.16. The molecule has 0 atom stereocenters. The Kier molecular flexibility index (Phi) is 9.71. The zero-order valence-electron chi connectivity index (χ0n) is 15.2. The maximum Gasteiger partial charge on any atom is 0.317 e. The summed E-state index contributed by atoms with van der Waals surface area (Å²) >= 11 is 0.